The zero-order valence-electron chi connectivity index (χ0n) is 14.6. The van der Waals surface area contributed by atoms with Gasteiger partial charge in [-0.1, -0.05) is 64.0 Å². The summed E-state index contributed by atoms with van der Waals surface area (Å²) in [6.07, 6.45) is 1.47. The number of sulfone groups is 1. The molecular weight excluding hydrogens is 422 g/mol. The first kappa shape index (κ1) is 17.9. The number of halogens is 1. The van der Waals surface area contributed by atoms with Crippen molar-refractivity contribution in [3.63, 3.8) is 0 Å². The molecule has 0 spiro atoms. The number of pyridine rings is 1. The van der Waals surface area contributed by atoms with Crippen molar-refractivity contribution >= 4 is 36.7 Å². The minimum Gasteiger partial charge on any atom is -0.255 e. The molecule has 0 atom stereocenters. The zero-order valence-corrected chi connectivity index (χ0v) is 17.0. The second kappa shape index (κ2) is 6.91. The van der Waals surface area contributed by atoms with Crippen LogP contribution in [0.1, 0.15) is 5.56 Å². The fraction of sp³-hybridized carbons (Fsp3) is 0.0455. The van der Waals surface area contributed by atoms with Crippen molar-refractivity contribution in [3.8, 4) is 11.1 Å². The lowest BCUT2D eigenvalue weighted by molar-refractivity contribution is 0.596. The number of nitrogens with zero attached hydrogens (tertiary/aromatic N) is 1. The molecule has 0 aliphatic heterocycles. The maximum absolute atomic E-state index is 13.4. The standard InChI is InChI=1S/C22H16BrNO2S/c1-15-6-12-18(13-7-15)27(25,26)21-14-24-20-5-3-2-4-19(20)22(21)16-8-10-17(23)11-9-16/h2-14H,1H3. The Morgan fingerprint density at radius 1 is 0.852 bits per heavy atom. The normalized spacial score (nSPS) is 11.6. The van der Waals surface area contributed by atoms with Gasteiger partial charge < -0.3 is 0 Å². The van der Waals surface area contributed by atoms with Crippen molar-refractivity contribution in [1.29, 1.82) is 0 Å². The van der Waals surface area contributed by atoms with E-state index >= 15 is 0 Å². The van der Waals surface area contributed by atoms with Crippen LogP contribution < -0.4 is 0 Å². The Morgan fingerprint density at radius 2 is 1.52 bits per heavy atom. The van der Waals surface area contributed by atoms with Gasteiger partial charge in [0, 0.05) is 21.6 Å². The van der Waals surface area contributed by atoms with Crippen LogP contribution in [-0.4, -0.2) is 13.4 Å². The highest BCUT2D eigenvalue weighted by Crippen LogP contribution is 2.36. The molecule has 0 bridgehead atoms. The second-order valence-electron chi connectivity index (χ2n) is 6.34. The summed E-state index contributed by atoms with van der Waals surface area (Å²) < 4.78 is 27.7. The molecule has 1 heterocycles. The summed E-state index contributed by atoms with van der Waals surface area (Å²) in [5, 5.41) is 0.813. The SMILES string of the molecule is Cc1ccc(S(=O)(=O)c2cnc3ccccc3c2-c2ccc(Br)cc2)cc1. The van der Waals surface area contributed by atoms with Gasteiger partial charge in [-0.2, -0.15) is 0 Å². The van der Waals surface area contributed by atoms with Crippen LogP contribution in [0, 0.1) is 6.92 Å². The van der Waals surface area contributed by atoms with Gasteiger partial charge in [0.1, 0.15) is 0 Å². The van der Waals surface area contributed by atoms with Crippen LogP contribution in [0.15, 0.2) is 93.3 Å². The van der Waals surface area contributed by atoms with Crippen molar-refractivity contribution in [3.05, 3.63) is 89.0 Å². The highest BCUT2D eigenvalue weighted by molar-refractivity contribution is 9.10. The topological polar surface area (TPSA) is 47.0 Å². The van der Waals surface area contributed by atoms with Gasteiger partial charge in [-0.25, -0.2) is 8.42 Å². The minimum atomic E-state index is -3.71. The van der Waals surface area contributed by atoms with Crippen LogP contribution in [0.4, 0.5) is 0 Å². The number of benzene rings is 3. The summed E-state index contributed by atoms with van der Waals surface area (Å²) in [5.74, 6) is 0. The van der Waals surface area contributed by atoms with Crippen molar-refractivity contribution in [2.45, 2.75) is 16.7 Å². The van der Waals surface area contributed by atoms with Crippen LogP contribution in [0.2, 0.25) is 0 Å². The lowest BCUT2D eigenvalue weighted by atomic mass is 10.0. The van der Waals surface area contributed by atoms with Gasteiger partial charge in [0.25, 0.3) is 0 Å². The van der Waals surface area contributed by atoms with Crippen molar-refractivity contribution in [2.24, 2.45) is 0 Å². The quantitative estimate of drug-likeness (QED) is 0.406. The molecular formula is C22H16BrNO2S. The van der Waals surface area contributed by atoms with Gasteiger partial charge in [-0.15, -0.1) is 0 Å². The van der Waals surface area contributed by atoms with Crippen molar-refractivity contribution in [2.75, 3.05) is 0 Å². The van der Waals surface area contributed by atoms with Gasteiger partial charge >= 0.3 is 0 Å². The molecule has 1 aromatic heterocycles. The molecule has 0 aliphatic rings. The molecule has 3 nitrogen and oxygen atoms in total. The third kappa shape index (κ3) is 3.29. The van der Waals surface area contributed by atoms with Gasteiger partial charge in [0.2, 0.25) is 9.84 Å². The molecule has 0 amide bonds. The molecule has 0 saturated heterocycles. The molecule has 0 unspecified atom stereocenters. The average Bonchev–Trinajstić information content (AvgIpc) is 2.68. The molecule has 0 fully saturated rings. The first-order chi connectivity index (χ1) is 13.0. The third-order valence-corrected chi connectivity index (χ3v) is 6.80. The predicted molar refractivity (Wildman–Crippen MR) is 112 cm³/mol. The largest absolute Gasteiger partial charge is 0.255 e. The number of hydrogen-bond acceptors (Lipinski definition) is 3. The smallest absolute Gasteiger partial charge is 0.208 e. The average molecular weight is 438 g/mol. The molecule has 5 heteroatoms. The van der Waals surface area contributed by atoms with Crippen LogP contribution in [-0.2, 0) is 9.84 Å². The Balaban J connectivity index is 2.05. The van der Waals surface area contributed by atoms with Crippen LogP contribution >= 0.6 is 15.9 Å². The van der Waals surface area contributed by atoms with E-state index < -0.39 is 9.84 Å². The van der Waals surface area contributed by atoms with E-state index in [1.54, 1.807) is 24.3 Å². The Morgan fingerprint density at radius 3 is 2.22 bits per heavy atom. The van der Waals surface area contributed by atoms with Gasteiger partial charge in [0.05, 0.1) is 15.3 Å². The fourth-order valence-corrected chi connectivity index (χ4v) is 4.79. The van der Waals surface area contributed by atoms with E-state index in [4.69, 9.17) is 0 Å². The summed E-state index contributed by atoms with van der Waals surface area (Å²) in [7, 11) is -3.71. The summed E-state index contributed by atoms with van der Waals surface area (Å²) in [6.45, 7) is 1.93. The summed E-state index contributed by atoms with van der Waals surface area (Å²) >= 11 is 3.44. The molecule has 0 aliphatic carbocycles. The molecule has 0 N–H and O–H groups in total. The summed E-state index contributed by atoms with van der Waals surface area (Å²) in [4.78, 5) is 4.89. The lowest BCUT2D eigenvalue weighted by Crippen LogP contribution is -2.05. The second-order valence-corrected chi connectivity index (χ2v) is 9.17. The minimum absolute atomic E-state index is 0.215. The van der Waals surface area contributed by atoms with Gasteiger partial charge in [-0.3, -0.25) is 4.98 Å². The number of para-hydroxylation sites is 1. The molecule has 4 aromatic rings. The lowest BCUT2D eigenvalue weighted by Gasteiger charge is -2.14. The summed E-state index contributed by atoms with van der Waals surface area (Å²) in [6, 6.07) is 22.1. The summed E-state index contributed by atoms with van der Waals surface area (Å²) in [5.41, 5.74) is 3.29. The van der Waals surface area contributed by atoms with Gasteiger partial charge in [0.15, 0.2) is 0 Å². The molecule has 27 heavy (non-hydrogen) atoms. The highest BCUT2D eigenvalue weighted by atomic mass is 79.9. The fourth-order valence-electron chi connectivity index (χ4n) is 3.09. The predicted octanol–water partition coefficient (Wildman–Crippen LogP) is 5.81. The first-order valence-corrected chi connectivity index (χ1v) is 10.7. The first-order valence-electron chi connectivity index (χ1n) is 8.42. The maximum Gasteiger partial charge on any atom is 0.208 e. The molecule has 0 saturated carbocycles. The molecule has 0 radical (unpaired) electrons. The Bertz CT molecular complexity index is 1230. The van der Waals surface area contributed by atoms with E-state index in [2.05, 4.69) is 20.9 Å². The Hall–Kier alpha value is -2.50. The van der Waals surface area contributed by atoms with E-state index in [9.17, 15) is 8.42 Å². The number of aryl methyl sites for hydroxylation is 1. The van der Waals surface area contributed by atoms with Crippen molar-refractivity contribution in [1.82, 2.24) is 4.98 Å². The number of aromatic nitrogens is 1. The molecule has 134 valence electrons. The third-order valence-electron chi connectivity index (χ3n) is 4.49. The van der Waals surface area contributed by atoms with Crippen LogP contribution in [0.25, 0.3) is 22.0 Å². The number of hydrogen-bond donors (Lipinski definition) is 0. The highest BCUT2D eigenvalue weighted by Gasteiger charge is 2.24. The van der Waals surface area contributed by atoms with E-state index in [1.165, 1.54) is 6.20 Å². The van der Waals surface area contributed by atoms with Crippen LogP contribution in [0.3, 0.4) is 0 Å². The van der Waals surface area contributed by atoms with E-state index in [1.807, 2.05) is 55.5 Å². The number of fused-ring (bicyclic) bond motifs is 1. The van der Waals surface area contributed by atoms with E-state index in [0.717, 1.165) is 26.5 Å². The monoisotopic (exact) mass is 437 g/mol. The molecule has 4 rings (SSSR count). The Kier molecular flexibility index (Phi) is 4.58. The molecule has 3 aromatic carbocycles. The van der Waals surface area contributed by atoms with E-state index in [0.29, 0.717) is 5.56 Å². The van der Waals surface area contributed by atoms with E-state index in [-0.39, 0.29) is 9.79 Å². The van der Waals surface area contributed by atoms with Crippen molar-refractivity contribution < 1.29 is 8.42 Å². The zero-order chi connectivity index (χ0) is 19.0. The van der Waals surface area contributed by atoms with Crippen LogP contribution in [0.5, 0.6) is 0 Å². The van der Waals surface area contributed by atoms with Gasteiger partial charge in [-0.05, 0) is 42.8 Å². The maximum atomic E-state index is 13.4. The Labute approximate surface area is 166 Å². The number of rotatable bonds is 3.